The molecule has 0 radical (unpaired) electrons. The first-order chi connectivity index (χ1) is 8.84. The minimum absolute atomic E-state index is 0.154. The Labute approximate surface area is 108 Å². The molecule has 19 heavy (non-hydrogen) atoms. The van der Waals surface area contributed by atoms with Crippen LogP contribution in [0.4, 0.5) is 8.78 Å². The second kappa shape index (κ2) is 4.65. The van der Waals surface area contributed by atoms with Gasteiger partial charge >= 0.3 is 0 Å². The van der Waals surface area contributed by atoms with Gasteiger partial charge in [0.15, 0.2) is 17.4 Å². The number of carbonyl (C=O) groups excluding carboxylic acids is 1. The van der Waals surface area contributed by atoms with Gasteiger partial charge in [0.25, 0.3) is 0 Å². The van der Waals surface area contributed by atoms with Crippen LogP contribution in [0.2, 0.25) is 0 Å². The highest BCUT2D eigenvalue weighted by atomic mass is 32.2. The molecule has 4 nitrogen and oxygen atoms in total. The van der Waals surface area contributed by atoms with Gasteiger partial charge in [-0.25, -0.2) is 8.78 Å². The van der Waals surface area contributed by atoms with Crippen LogP contribution in [-0.2, 0) is 10.8 Å². The van der Waals surface area contributed by atoms with Crippen LogP contribution >= 0.6 is 0 Å². The summed E-state index contributed by atoms with van der Waals surface area (Å²) in [6, 6.07) is 1.89. The van der Waals surface area contributed by atoms with Crippen LogP contribution in [-0.4, -0.2) is 21.2 Å². The number of ketones is 1. The van der Waals surface area contributed by atoms with Crippen LogP contribution in [0.25, 0.3) is 10.9 Å². The van der Waals surface area contributed by atoms with Crippen molar-refractivity contribution in [2.45, 2.75) is 11.9 Å². The van der Waals surface area contributed by atoms with E-state index in [2.05, 4.69) is 4.98 Å². The standard InChI is InChI=1S/C12H9F2NO3S/c1-5(16)8-11(17)6-3-4-7(13)9(14)10(6)15-12(8)19(2)18/h3-4H,1-2H3,(H,15,17). The van der Waals surface area contributed by atoms with E-state index in [0.717, 1.165) is 19.1 Å². The van der Waals surface area contributed by atoms with Gasteiger partial charge < -0.3 is 4.98 Å². The van der Waals surface area contributed by atoms with Gasteiger partial charge in [-0.2, -0.15) is 0 Å². The zero-order valence-corrected chi connectivity index (χ0v) is 10.9. The summed E-state index contributed by atoms with van der Waals surface area (Å²) in [7, 11) is -1.71. The summed E-state index contributed by atoms with van der Waals surface area (Å²) < 4.78 is 38.3. The third kappa shape index (κ3) is 2.10. The molecule has 1 aromatic carbocycles. The molecule has 2 aromatic rings. The van der Waals surface area contributed by atoms with Gasteiger partial charge in [-0.1, -0.05) is 0 Å². The van der Waals surface area contributed by atoms with E-state index in [1.807, 2.05) is 0 Å². The van der Waals surface area contributed by atoms with E-state index in [1.165, 1.54) is 6.26 Å². The Morgan fingerprint density at radius 2 is 1.95 bits per heavy atom. The molecule has 0 amide bonds. The molecule has 0 fully saturated rings. The minimum Gasteiger partial charge on any atom is -0.344 e. The summed E-state index contributed by atoms with van der Waals surface area (Å²) in [6.07, 6.45) is 1.24. The number of hydrogen-bond donors (Lipinski definition) is 1. The average Bonchev–Trinajstić information content (AvgIpc) is 2.33. The first-order valence-corrected chi connectivity index (χ1v) is 6.78. The Morgan fingerprint density at radius 1 is 1.32 bits per heavy atom. The largest absolute Gasteiger partial charge is 0.344 e. The number of halogens is 2. The molecule has 0 bridgehead atoms. The molecule has 100 valence electrons. The predicted octanol–water partition coefficient (Wildman–Crippen LogP) is 1.75. The molecule has 0 aliphatic heterocycles. The quantitative estimate of drug-likeness (QED) is 0.855. The van der Waals surface area contributed by atoms with Gasteiger partial charge in [0.1, 0.15) is 5.03 Å². The normalized spacial score (nSPS) is 12.6. The lowest BCUT2D eigenvalue weighted by Crippen LogP contribution is -2.19. The van der Waals surface area contributed by atoms with E-state index in [4.69, 9.17) is 0 Å². The number of pyridine rings is 1. The topological polar surface area (TPSA) is 67.0 Å². The fraction of sp³-hybridized carbons (Fsp3) is 0.167. The van der Waals surface area contributed by atoms with Gasteiger partial charge in [-0.15, -0.1) is 0 Å². The number of Topliss-reactive ketones (excluding diaryl/α,β-unsaturated/α-hetero) is 1. The molecule has 0 aliphatic carbocycles. The summed E-state index contributed by atoms with van der Waals surface area (Å²) in [4.78, 5) is 25.9. The number of fused-ring (bicyclic) bond motifs is 1. The predicted molar refractivity (Wildman–Crippen MR) is 66.8 cm³/mol. The summed E-state index contributed by atoms with van der Waals surface area (Å²) >= 11 is 0. The molecule has 7 heteroatoms. The first-order valence-electron chi connectivity index (χ1n) is 5.23. The summed E-state index contributed by atoms with van der Waals surface area (Å²) in [5.74, 6) is -2.96. The maximum Gasteiger partial charge on any atom is 0.201 e. The van der Waals surface area contributed by atoms with Crippen molar-refractivity contribution in [3.8, 4) is 0 Å². The van der Waals surface area contributed by atoms with E-state index in [1.54, 1.807) is 0 Å². The van der Waals surface area contributed by atoms with Crippen molar-refractivity contribution in [1.29, 1.82) is 0 Å². The van der Waals surface area contributed by atoms with Crippen LogP contribution in [0.5, 0.6) is 0 Å². The zero-order valence-electron chi connectivity index (χ0n) is 10.0. The van der Waals surface area contributed by atoms with Gasteiger partial charge in [0.05, 0.1) is 21.9 Å². The molecule has 2 rings (SSSR count). The molecule has 1 N–H and O–H groups in total. The van der Waals surface area contributed by atoms with Crippen molar-refractivity contribution in [2.24, 2.45) is 0 Å². The summed E-state index contributed by atoms with van der Waals surface area (Å²) in [5, 5.41) is -0.354. The second-order valence-electron chi connectivity index (χ2n) is 3.95. The van der Waals surface area contributed by atoms with Crippen molar-refractivity contribution >= 4 is 27.5 Å². The van der Waals surface area contributed by atoms with E-state index in [9.17, 15) is 22.6 Å². The molecule has 1 atom stereocenters. The van der Waals surface area contributed by atoms with Gasteiger partial charge in [0.2, 0.25) is 5.43 Å². The highest BCUT2D eigenvalue weighted by Crippen LogP contribution is 2.19. The maximum atomic E-state index is 13.6. The number of hydrogen-bond acceptors (Lipinski definition) is 3. The third-order valence-corrected chi connectivity index (χ3v) is 3.55. The van der Waals surface area contributed by atoms with E-state index in [0.29, 0.717) is 0 Å². The fourth-order valence-electron chi connectivity index (χ4n) is 1.81. The Balaban J connectivity index is 3.06. The lowest BCUT2D eigenvalue weighted by atomic mass is 10.1. The molecule has 0 saturated heterocycles. The Morgan fingerprint density at radius 3 is 2.47 bits per heavy atom. The molecule has 0 saturated carbocycles. The molecule has 1 unspecified atom stereocenters. The lowest BCUT2D eigenvalue weighted by Gasteiger charge is -2.07. The van der Waals surface area contributed by atoms with Crippen LogP contribution < -0.4 is 5.43 Å². The number of rotatable bonds is 2. The van der Waals surface area contributed by atoms with Crippen LogP contribution in [0, 0.1) is 11.6 Å². The minimum atomic E-state index is -1.71. The summed E-state index contributed by atoms with van der Waals surface area (Å²) in [6.45, 7) is 1.15. The number of aromatic nitrogens is 1. The van der Waals surface area contributed by atoms with Crippen molar-refractivity contribution < 1.29 is 17.8 Å². The van der Waals surface area contributed by atoms with Crippen LogP contribution in [0.3, 0.4) is 0 Å². The molecule has 1 heterocycles. The number of carbonyl (C=O) groups is 1. The highest BCUT2D eigenvalue weighted by molar-refractivity contribution is 7.84. The van der Waals surface area contributed by atoms with Crippen molar-refractivity contribution in [3.05, 3.63) is 39.6 Å². The second-order valence-corrected chi connectivity index (χ2v) is 5.27. The van der Waals surface area contributed by atoms with E-state index >= 15 is 0 Å². The lowest BCUT2D eigenvalue weighted by molar-refractivity contribution is 0.101. The van der Waals surface area contributed by atoms with Gasteiger partial charge in [-0.05, 0) is 19.1 Å². The third-order valence-electron chi connectivity index (χ3n) is 2.67. The highest BCUT2D eigenvalue weighted by Gasteiger charge is 2.20. The first kappa shape index (κ1) is 13.5. The summed E-state index contributed by atoms with van der Waals surface area (Å²) in [5.41, 5.74) is -1.44. The number of aromatic amines is 1. The number of H-pyrrole nitrogens is 1. The number of benzene rings is 1. The van der Waals surface area contributed by atoms with E-state index in [-0.39, 0.29) is 21.5 Å². The monoisotopic (exact) mass is 285 g/mol. The van der Waals surface area contributed by atoms with Crippen LogP contribution in [0.1, 0.15) is 17.3 Å². The Hall–Kier alpha value is -1.89. The molecular formula is C12H9F2NO3S. The molecule has 1 aromatic heterocycles. The zero-order chi connectivity index (χ0) is 14.3. The molecule has 0 spiro atoms. The van der Waals surface area contributed by atoms with Gasteiger partial charge in [0, 0.05) is 11.6 Å². The van der Waals surface area contributed by atoms with Gasteiger partial charge in [-0.3, -0.25) is 13.8 Å². The maximum absolute atomic E-state index is 13.6. The Bertz CT molecular complexity index is 783. The molecule has 0 aliphatic rings. The van der Waals surface area contributed by atoms with Crippen molar-refractivity contribution in [3.63, 3.8) is 0 Å². The van der Waals surface area contributed by atoms with Crippen molar-refractivity contribution in [1.82, 2.24) is 4.98 Å². The van der Waals surface area contributed by atoms with E-state index < -0.39 is 33.6 Å². The molecular weight excluding hydrogens is 276 g/mol. The smallest absolute Gasteiger partial charge is 0.201 e. The fourth-order valence-corrected chi connectivity index (χ4v) is 2.58. The van der Waals surface area contributed by atoms with Crippen LogP contribution in [0.15, 0.2) is 22.0 Å². The number of nitrogens with one attached hydrogen (secondary N) is 1. The SMILES string of the molecule is CC(=O)c1c(S(C)=O)[nH]c2c(F)c(F)ccc2c1=O. The van der Waals surface area contributed by atoms with Crippen molar-refractivity contribution in [2.75, 3.05) is 6.26 Å². The Kier molecular flexibility index (Phi) is 3.32. The average molecular weight is 285 g/mol.